The molecule has 200 valence electrons. The predicted octanol–water partition coefficient (Wildman–Crippen LogP) is 4.91. The molecule has 0 radical (unpaired) electrons. The largest absolute Gasteiger partial charge is 0.379 e. The van der Waals surface area contributed by atoms with Crippen LogP contribution >= 0.6 is 23.1 Å². The van der Waals surface area contributed by atoms with Crippen LogP contribution in [-0.4, -0.2) is 57.6 Å². The smallest absolute Gasteiger partial charge is 0.235 e. The topological polar surface area (TPSA) is 96.1 Å². The molecule has 2 aromatic heterocycles. The fourth-order valence-electron chi connectivity index (χ4n) is 5.12. The van der Waals surface area contributed by atoms with Crippen LogP contribution < -0.4 is 5.32 Å². The Balaban J connectivity index is 1.30. The first kappa shape index (κ1) is 26.9. The van der Waals surface area contributed by atoms with Crippen molar-refractivity contribution in [1.82, 2.24) is 19.7 Å². The number of rotatable bonds is 7. The fraction of sp³-hybridized carbons (Fsp3) is 0.500. The summed E-state index contributed by atoms with van der Waals surface area (Å²) in [5.74, 6) is 1.46. The lowest BCUT2D eigenvalue weighted by molar-refractivity contribution is -0.113. The number of carbonyl (C=O) groups excluding carboxylic acids is 1. The molecule has 1 fully saturated rings. The maximum absolute atomic E-state index is 13.0. The van der Waals surface area contributed by atoms with Crippen molar-refractivity contribution < 1.29 is 9.53 Å². The zero-order valence-electron chi connectivity index (χ0n) is 22.2. The highest BCUT2D eigenvalue weighted by molar-refractivity contribution is 7.99. The number of anilines is 1. The van der Waals surface area contributed by atoms with Gasteiger partial charge < -0.3 is 10.1 Å². The highest BCUT2D eigenvalue weighted by Gasteiger charge is 2.32. The highest BCUT2D eigenvalue weighted by atomic mass is 32.2. The van der Waals surface area contributed by atoms with E-state index in [-0.39, 0.29) is 17.1 Å². The summed E-state index contributed by atoms with van der Waals surface area (Å²) >= 11 is 2.93. The lowest BCUT2D eigenvalue weighted by Crippen LogP contribution is -2.36. The summed E-state index contributed by atoms with van der Waals surface area (Å²) in [5.41, 5.74) is 2.95. The lowest BCUT2D eigenvalue weighted by Gasteiger charge is -2.33. The van der Waals surface area contributed by atoms with E-state index in [0.29, 0.717) is 28.2 Å². The number of benzene rings is 1. The number of amides is 1. The summed E-state index contributed by atoms with van der Waals surface area (Å²) in [4.78, 5) is 16.6. The summed E-state index contributed by atoms with van der Waals surface area (Å²) < 4.78 is 7.51. The first-order chi connectivity index (χ1) is 18.3. The Kier molecular flexibility index (Phi) is 8.19. The number of nitriles is 1. The van der Waals surface area contributed by atoms with Crippen molar-refractivity contribution in [1.29, 1.82) is 5.26 Å². The molecule has 1 aliphatic carbocycles. The van der Waals surface area contributed by atoms with Gasteiger partial charge in [-0.3, -0.25) is 14.3 Å². The van der Waals surface area contributed by atoms with E-state index < -0.39 is 0 Å². The van der Waals surface area contributed by atoms with Crippen LogP contribution in [0.4, 0.5) is 5.00 Å². The average molecular weight is 551 g/mol. The third kappa shape index (κ3) is 5.96. The van der Waals surface area contributed by atoms with Crippen molar-refractivity contribution in [3.05, 3.63) is 52.2 Å². The average Bonchev–Trinajstić information content (AvgIpc) is 3.47. The number of nitrogens with one attached hydrogen (secondary N) is 1. The molecule has 1 saturated heterocycles. The van der Waals surface area contributed by atoms with Crippen LogP contribution in [0.15, 0.2) is 35.5 Å². The number of thioether (sulfide) groups is 1. The monoisotopic (exact) mass is 550 g/mol. The SMILES string of the molecule is CC(C)(C)[C@@H]1CCc2c(sc(NC(=O)CSc3nnc(CN4CCOCC4)n3-c3ccccc3)c2C#N)C1. The van der Waals surface area contributed by atoms with Crippen LogP contribution in [0, 0.1) is 22.7 Å². The molecule has 3 aromatic rings. The van der Waals surface area contributed by atoms with Crippen LogP contribution in [0.1, 0.15) is 49.0 Å². The van der Waals surface area contributed by atoms with Gasteiger partial charge in [0.25, 0.3) is 0 Å². The van der Waals surface area contributed by atoms with E-state index in [1.165, 1.54) is 16.6 Å². The van der Waals surface area contributed by atoms with Crippen molar-refractivity contribution in [2.75, 3.05) is 37.4 Å². The van der Waals surface area contributed by atoms with Gasteiger partial charge in [0.15, 0.2) is 11.0 Å². The Labute approximate surface area is 232 Å². The van der Waals surface area contributed by atoms with E-state index in [4.69, 9.17) is 4.74 Å². The zero-order valence-corrected chi connectivity index (χ0v) is 23.8. The van der Waals surface area contributed by atoms with E-state index in [1.807, 2.05) is 34.9 Å². The number of hydrogen-bond donors (Lipinski definition) is 1. The minimum Gasteiger partial charge on any atom is -0.379 e. The molecular formula is C28H34N6O2S2. The minimum atomic E-state index is -0.144. The Morgan fingerprint density at radius 3 is 2.71 bits per heavy atom. The van der Waals surface area contributed by atoms with E-state index in [0.717, 1.165) is 62.6 Å². The highest BCUT2D eigenvalue weighted by Crippen LogP contribution is 2.44. The first-order valence-electron chi connectivity index (χ1n) is 13.1. The number of aromatic nitrogens is 3. The Bertz CT molecular complexity index is 1320. The van der Waals surface area contributed by atoms with Gasteiger partial charge in [-0.25, -0.2) is 0 Å². The number of ether oxygens (including phenoxy) is 1. The van der Waals surface area contributed by atoms with Gasteiger partial charge in [-0.1, -0.05) is 50.7 Å². The molecule has 8 nitrogen and oxygen atoms in total. The number of para-hydroxylation sites is 1. The maximum atomic E-state index is 13.0. The van der Waals surface area contributed by atoms with Gasteiger partial charge in [0.1, 0.15) is 11.1 Å². The van der Waals surface area contributed by atoms with Crippen LogP contribution in [-0.2, 0) is 28.9 Å². The molecule has 2 aliphatic rings. The summed E-state index contributed by atoms with van der Waals surface area (Å²) in [7, 11) is 0. The second kappa shape index (κ2) is 11.6. The predicted molar refractivity (Wildman–Crippen MR) is 151 cm³/mol. The van der Waals surface area contributed by atoms with Crippen molar-refractivity contribution in [3.63, 3.8) is 0 Å². The van der Waals surface area contributed by atoms with Crippen LogP contribution in [0.2, 0.25) is 0 Å². The van der Waals surface area contributed by atoms with Crippen molar-refractivity contribution >= 4 is 34.0 Å². The molecule has 1 N–H and O–H groups in total. The van der Waals surface area contributed by atoms with Gasteiger partial charge in [0.2, 0.25) is 5.91 Å². The lowest BCUT2D eigenvalue weighted by atomic mass is 9.72. The molecule has 0 saturated carbocycles. The van der Waals surface area contributed by atoms with E-state index >= 15 is 0 Å². The number of hydrogen-bond acceptors (Lipinski definition) is 8. The molecule has 3 heterocycles. The third-order valence-corrected chi connectivity index (χ3v) is 9.47. The summed E-state index contributed by atoms with van der Waals surface area (Å²) in [5, 5.41) is 23.2. The zero-order chi connectivity index (χ0) is 26.7. The molecule has 10 heteroatoms. The van der Waals surface area contributed by atoms with Gasteiger partial charge in [0, 0.05) is 23.7 Å². The molecule has 5 rings (SSSR count). The second-order valence-electron chi connectivity index (χ2n) is 10.9. The first-order valence-corrected chi connectivity index (χ1v) is 14.9. The van der Waals surface area contributed by atoms with Crippen molar-refractivity contribution in [2.45, 2.75) is 51.7 Å². The summed E-state index contributed by atoms with van der Waals surface area (Å²) in [6, 6.07) is 12.4. The van der Waals surface area contributed by atoms with Gasteiger partial charge >= 0.3 is 0 Å². The molecule has 0 spiro atoms. The summed E-state index contributed by atoms with van der Waals surface area (Å²) in [6.07, 6.45) is 2.94. The Morgan fingerprint density at radius 1 is 1.24 bits per heavy atom. The maximum Gasteiger partial charge on any atom is 0.235 e. The van der Waals surface area contributed by atoms with Gasteiger partial charge in [-0.05, 0) is 48.3 Å². The molecule has 1 amide bonds. The number of carbonyl (C=O) groups is 1. The molecule has 1 atom stereocenters. The van der Waals surface area contributed by atoms with Crippen molar-refractivity contribution in [2.24, 2.45) is 11.3 Å². The molecular weight excluding hydrogens is 516 g/mol. The van der Waals surface area contributed by atoms with Crippen LogP contribution in [0.3, 0.4) is 0 Å². The molecule has 0 bridgehead atoms. The van der Waals surface area contributed by atoms with E-state index in [9.17, 15) is 10.1 Å². The number of fused-ring (bicyclic) bond motifs is 1. The van der Waals surface area contributed by atoms with Gasteiger partial charge in [0.05, 0.1) is 31.1 Å². The van der Waals surface area contributed by atoms with Gasteiger partial charge in [-0.2, -0.15) is 5.26 Å². The number of morpholine rings is 1. The quantitative estimate of drug-likeness (QED) is 0.418. The fourth-order valence-corrected chi connectivity index (χ4v) is 7.18. The summed E-state index contributed by atoms with van der Waals surface area (Å²) in [6.45, 7) is 10.7. The molecule has 38 heavy (non-hydrogen) atoms. The normalized spacial score (nSPS) is 18.1. The molecule has 1 aliphatic heterocycles. The van der Waals surface area contributed by atoms with Crippen molar-refractivity contribution in [3.8, 4) is 11.8 Å². The molecule has 0 unspecified atom stereocenters. The standard InChI is InChI=1S/C28H34N6O2S2/c1-28(2,3)19-9-10-21-22(16-29)26(38-23(21)15-19)30-25(35)18-37-27-32-31-24(17-33-11-13-36-14-12-33)34(27)20-7-5-4-6-8-20/h4-8,19H,9-15,17-18H2,1-3H3,(H,30,35)/t19-/m1/s1. The molecule has 1 aromatic carbocycles. The Hall–Kier alpha value is -2.71. The second-order valence-corrected chi connectivity index (χ2v) is 13.0. The number of nitrogens with zero attached hydrogens (tertiary/aromatic N) is 5. The number of thiophene rings is 1. The van der Waals surface area contributed by atoms with Gasteiger partial charge in [-0.15, -0.1) is 21.5 Å². The minimum absolute atomic E-state index is 0.144. The van der Waals surface area contributed by atoms with E-state index in [1.54, 1.807) is 11.3 Å². The van der Waals surface area contributed by atoms with Crippen LogP contribution in [0.25, 0.3) is 5.69 Å². The van der Waals surface area contributed by atoms with E-state index in [2.05, 4.69) is 47.3 Å². The third-order valence-electron chi connectivity index (χ3n) is 7.37. The van der Waals surface area contributed by atoms with Crippen LogP contribution in [0.5, 0.6) is 0 Å². The Morgan fingerprint density at radius 2 is 2.00 bits per heavy atom.